The van der Waals surface area contributed by atoms with Crippen molar-refractivity contribution in [2.75, 3.05) is 18.4 Å². The second kappa shape index (κ2) is 7.44. The Morgan fingerprint density at radius 2 is 1.85 bits per heavy atom. The van der Waals surface area contributed by atoms with Crippen molar-refractivity contribution >= 4 is 21.6 Å². The number of nitrogens with one attached hydrogen (secondary N) is 1. The highest BCUT2D eigenvalue weighted by molar-refractivity contribution is 7.89. The number of piperidine rings is 1. The number of benzene rings is 1. The molecule has 0 radical (unpaired) electrons. The topological polar surface area (TPSA) is 92.5 Å². The van der Waals surface area contributed by atoms with E-state index in [1.165, 1.54) is 4.31 Å². The summed E-state index contributed by atoms with van der Waals surface area (Å²) in [7, 11) is -3.74. The van der Waals surface area contributed by atoms with Crippen LogP contribution in [-0.2, 0) is 14.8 Å². The molecule has 3 rings (SSSR count). The standard InChI is InChI=1S/C19H25N3O4S/c1-12-8-13(2)10-17(9-12)20-19(23)16-6-5-7-22(11-16)27(24,25)18-14(3)21-26-15(18)4/h8-10,16H,5-7,11H2,1-4H3,(H,20,23)/t16-/m1/s1. The smallest absolute Gasteiger partial charge is 0.248 e. The molecule has 1 N–H and O–H groups in total. The number of nitrogens with zero attached hydrogens (tertiary/aromatic N) is 2. The summed E-state index contributed by atoms with van der Waals surface area (Å²) in [6.45, 7) is 7.68. The lowest BCUT2D eigenvalue weighted by atomic mass is 9.98. The van der Waals surface area contributed by atoms with Gasteiger partial charge < -0.3 is 9.84 Å². The van der Waals surface area contributed by atoms with Crippen LogP contribution in [0.15, 0.2) is 27.6 Å². The highest BCUT2D eigenvalue weighted by Crippen LogP contribution is 2.28. The van der Waals surface area contributed by atoms with Crippen LogP contribution in [-0.4, -0.2) is 36.9 Å². The molecule has 0 bridgehead atoms. The molecule has 2 aromatic rings. The van der Waals surface area contributed by atoms with Gasteiger partial charge in [0.25, 0.3) is 0 Å². The largest absolute Gasteiger partial charge is 0.360 e. The third kappa shape index (κ3) is 4.06. The Balaban J connectivity index is 1.76. The molecule has 1 aromatic heterocycles. The first-order chi connectivity index (χ1) is 12.7. The lowest BCUT2D eigenvalue weighted by Crippen LogP contribution is -2.43. The number of carbonyl (C=O) groups excluding carboxylic acids is 1. The van der Waals surface area contributed by atoms with E-state index in [0.29, 0.717) is 25.1 Å². The van der Waals surface area contributed by atoms with Crippen molar-refractivity contribution < 1.29 is 17.7 Å². The van der Waals surface area contributed by atoms with Gasteiger partial charge in [-0.3, -0.25) is 4.79 Å². The molecule has 0 saturated carbocycles. The molecule has 7 nitrogen and oxygen atoms in total. The highest BCUT2D eigenvalue weighted by atomic mass is 32.2. The minimum atomic E-state index is -3.74. The summed E-state index contributed by atoms with van der Waals surface area (Å²) in [4.78, 5) is 12.8. The van der Waals surface area contributed by atoms with Crippen LogP contribution in [0.3, 0.4) is 0 Å². The van der Waals surface area contributed by atoms with Crippen molar-refractivity contribution in [3.8, 4) is 0 Å². The summed E-state index contributed by atoms with van der Waals surface area (Å²) in [5.74, 6) is -0.275. The van der Waals surface area contributed by atoms with E-state index in [-0.39, 0.29) is 23.1 Å². The Morgan fingerprint density at radius 1 is 1.19 bits per heavy atom. The fraction of sp³-hybridized carbons (Fsp3) is 0.474. The van der Waals surface area contributed by atoms with E-state index in [1.54, 1.807) is 13.8 Å². The molecule has 1 amide bonds. The van der Waals surface area contributed by atoms with Crippen molar-refractivity contribution in [2.45, 2.75) is 45.4 Å². The Hall–Kier alpha value is -2.19. The van der Waals surface area contributed by atoms with Crippen LogP contribution in [0.5, 0.6) is 0 Å². The molecule has 27 heavy (non-hydrogen) atoms. The summed E-state index contributed by atoms with van der Waals surface area (Å²) in [5.41, 5.74) is 3.21. The lowest BCUT2D eigenvalue weighted by molar-refractivity contribution is -0.120. The summed E-state index contributed by atoms with van der Waals surface area (Å²) >= 11 is 0. The third-order valence-corrected chi connectivity index (χ3v) is 6.92. The molecular formula is C19H25N3O4S. The molecule has 0 spiro atoms. The van der Waals surface area contributed by atoms with Crippen molar-refractivity contribution in [1.82, 2.24) is 9.46 Å². The maximum absolute atomic E-state index is 13.0. The van der Waals surface area contributed by atoms with E-state index in [1.807, 2.05) is 32.0 Å². The van der Waals surface area contributed by atoms with Crippen LogP contribution in [0, 0.1) is 33.6 Å². The average Bonchev–Trinajstić information content (AvgIpc) is 2.93. The predicted octanol–water partition coefficient (Wildman–Crippen LogP) is 2.95. The number of anilines is 1. The summed E-state index contributed by atoms with van der Waals surface area (Å²) in [6.07, 6.45) is 1.29. The fourth-order valence-corrected chi connectivity index (χ4v) is 5.45. The van der Waals surface area contributed by atoms with Gasteiger partial charge in [-0.25, -0.2) is 8.42 Å². The Morgan fingerprint density at radius 3 is 2.44 bits per heavy atom. The Bertz CT molecular complexity index is 926. The predicted molar refractivity (Wildman–Crippen MR) is 102 cm³/mol. The first-order valence-corrected chi connectivity index (χ1v) is 10.4. The highest BCUT2D eigenvalue weighted by Gasteiger charge is 2.36. The van der Waals surface area contributed by atoms with Gasteiger partial charge in [0.15, 0.2) is 5.76 Å². The monoisotopic (exact) mass is 391 g/mol. The number of hydrogen-bond donors (Lipinski definition) is 1. The number of carbonyl (C=O) groups is 1. The first kappa shape index (κ1) is 19.6. The van der Waals surface area contributed by atoms with Crippen LogP contribution in [0.25, 0.3) is 0 Å². The second-order valence-corrected chi connectivity index (χ2v) is 9.10. The van der Waals surface area contributed by atoms with E-state index < -0.39 is 15.9 Å². The lowest BCUT2D eigenvalue weighted by Gasteiger charge is -2.31. The molecule has 1 aliphatic heterocycles. The quantitative estimate of drug-likeness (QED) is 0.865. The maximum Gasteiger partial charge on any atom is 0.248 e. The van der Waals surface area contributed by atoms with Crippen molar-refractivity contribution in [3.05, 3.63) is 40.8 Å². The number of aromatic nitrogens is 1. The van der Waals surface area contributed by atoms with Crippen LogP contribution >= 0.6 is 0 Å². The van der Waals surface area contributed by atoms with Crippen LogP contribution in [0.4, 0.5) is 5.69 Å². The van der Waals surface area contributed by atoms with Gasteiger partial charge in [-0.2, -0.15) is 4.31 Å². The van der Waals surface area contributed by atoms with Gasteiger partial charge in [-0.15, -0.1) is 0 Å². The minimum absolute atomic E-state index is 0.109. The molecule has 1 fully saturated rings. The normalized spacial score (nSPS) is 18.4. The van der Waals surface area contributed by atoms with Crippen LogP contribution in [0.1, 0.15) is 35.4 Å². The molecule has 1 aromatic carbocycles. The van der Waals surface area contributed by atoms with E-state index >= 15 is 0 Å². The van der Waals surface area contributed by atoms with Crippen LogP contribution < -0.4 is 5.32 Å². The molecule has 8 heteroatoms. The molecule has 1 atom stereocenters. The van der Waals surface area contributed by atoms with Gasteiger partial charge in [-0.1, -0.05) is 11.2 Å². The summed E-state index contributed by atoms with van der Waals surface area (Å²) in [6, 6.07) is 5.85. The molecular weight excluding hydrogens is 366 g/mol. The van der Waals surface area contributed by atoms with Gasteiger partial charge in [0.1, 0.15) is 10.6 Å². The average molecular weight is 391 g/mol. The zero-order valence-corrected chi connectivity index (χ0v) is 16.9. The Kier molecular flexibility index (Phi) is 5.39. The zero-order chi connectivity index (χ0) is 19.8. The van der Waals surface area contributed by atoms with Crippen molar-refractivity contribution in [1.29, 1.82) is 0 Å². The van der Waals surface area contributed by atoms with Crippen molar-refractivity contribution in [2.24, 2.45) is 5.92 Å². The number of sulfonamides is 1. The van der Waals surface area contributed by atoms with Crippen molar-refractivity contribution in [3.63, 3.8) is 0 Å². The number of hydrogen-bond acceptors (Lipinski definition) is 5. The number of aryl methyl sites for hydroxylation is 4. The van der Waals surface area contributed by atoms with Gasteiger partial charge in [0.05, 0.1) is 5.92 Å². The molecule has 1 saturated heterocycles. The molecule has 0 unspecified atom stereocenters. The van der Waals surface area contributed by atoms with Gasteiger partial charge >= 0.3 is 0 Å². The second-order valence-electron chi connectivity index (χ2n) is 7.22. The summed E-state index contributed by atoms with van der Waals surface area (Å²) < 4.78 is 32.4. The Labute approximate surface area is 159 Å². The zero-order valence-electron chi connectivity index (χ0n) is 16.1. The summed E-state index contributed by atoms with van der Waals surface area (Å²) in [5, 5.41) is 6.68. The van der Waals surface area contributed by atoms with Gasteiger partial charge in [0, 0.05) is 18.8 Å². The molecule has 1 aliphatic rings. The van der Waals surface area contributed by atoms with E-state index in [2.05, 4.69) is 10.5 Å². The van der Waals surface area contributed by atoms with E-state index in [9.17, 15) is 13.2 Å². The third-order valence-electron chi connectivity index (χ3n) is 4.81. The number of rotatable bonds is 4. The SMILES string of the molecule is Cc1cc(C)cc(NC(=O)[C@@H]2CCCN(S(=O)(=O)c3c(C)noc3C)C2)c1. The minimum Gasteiger partial charge on any atom is -0.360 e. The molecule has 0 aliphatic carbocycles. The molecule has 146 valence electrons. The van der Waals surface area contributed by atoms with Gasteiger partial charge in [-0.05, 0) is 63.8 Å². The first-order valence-electron chi connectivity index (χ1n) is 9.00. The fourth-order valence-electron chi connectivity index (χ4n) is 3.64. The van der Waals surface area contributed by atoms with Crippen LogP contribution in [0.2, 0.25) is 0 Å². The molecule has 2 heterocycles. The maximum atomic E-state index is 13.0. The van der Waals surface area contributed by atoms with E-state index in [0.717, 1.165) is 16.8 Å². The number of amides is 1. The van der Waals surface area contributed by atoms with Gasteiger partial charge in [0.2, 0.25) is 15.9 Å². The van der Waals surface area contributed by atoms with E-state index in [4.69, 9.17) is 4.52 Å².